The summed E-state index contributed by atoms with van der Waals surface area (Å²) >= 11 is 0. The molecule has 55 heavy (non-hydrogen) atoms. The molecule has 0 bridgehead atoms. The van der Waals surface area contributed by atoms with Crippen molar-refractivity contribution in [1.29, 1.82) is 0 Å². The number of methoxy groups -OCH3 is 1. The van der Waals surface area contributed by atoms with Crippen molar-refractivity contribution in [3.63, 3.8) is 0 Å². The molecule has 0 heterocycles. The molecule has 0 aliphatic heterocycles. The topological polar surface area (TPSA) is 15.7 Å². The lowest BCUT2D eigenvalue weighted by Crippen LogP contribution is -2.13. The lowest BCUT2D eigenvalue weighted by Gasteiger charge is -2.30. The van der Waals surface area contributed by atoms with Gasteiger partial charge in [0.1, 0.15) is 5.75 Å². The Bertz CT molecular complexity index is 2460. The molecule has 0 saturated heterocycles. The molecule has 0 N–H and O–H groups in total. The first-order valence-corrected chi connectivity index (χ1v) is 18.9. The number of hydrogen-bond acceptors (Lipinski definition) is 3. The average Bonchev–Trinajstić information content (AvgIpc) is 3.19. The molecule has 7 aromatic rings. The van der Waals surface area contributed by atoms with Crippen molar-refractivity contribution >= 4 is 58.4 Å². The molecule has 0 radical (unpaired) electrons. The molecule has 0 amide bonds. The fourth-order valence-electron chi connectivity index (χ4n) is 7.09. The zero-order valence-electron chi connectivity index (χ0n) is 32.6. The van der Waals surface area contributed by atoms with Gasteiger partial charge in [0, 0.05) is 34.1 Å². The molecule has 3 nitrogen and oxygen atoms in total. The van der Waals surface area contributed by atoms with Crippen LogP contribution in [0.2, 0.25) is 0 Å². The molecule has 0 spiro atoms. The highest BCUT2D eigenvalue weighted by Gasteiger charge is 2.18. The van der Waals surface area contributed by atoms with Gasteiger partial charge in [-0.15, -0.1) is 0 Å². The minimum atomic E-state index is 0.852. The lowest BCUT2D eigenvalue weighted by atomic mass is 10.1. The number of benzene rings is 7. The van der Waals surface area contributed by atoms with Gasteiger partial charge < -0.3 is 14.5 Å². The molecule has 0 saturated carbocycles. The van der Waals surface area contributed by atoms with Crippen molar-refractivity contribution in [2.24, 2.45) is 0 Å². The van der Waals surface area contributed by atoms with E-state index in [4.69, 9.17) is 4.74 Å². The summed E-state index contributed by atoms with van der Waals surface area (Å²) in [5.41, 5.74) is 17.5. The Labute approximate surface area is 327 Å². The third-order valence-electron chi connectivity index (χ3n) is 9.93. The SMILES string of the molecule is COc1cccc(/C=C/c2ccc(N(c3ccc(N(c4ccc(/C=C/c5cccc(C)c5)cc4)c4ccc(C)cc4C)cc3)c3ccc(C)cc3C)cc2)c1. The number of nitrogens with zero attached hydrogens (tertiary/aromatic N) is 2. The molecule has 0 aliphatic rings. The van der Waals surface area contributed by atoms with Gasteiger partial charge in [-0.1, -0.05) is 126 Å². The Kier molecular flexibility index (Phi) is 11.1. The maximum atomic E-state index is 5.41. The Morgan fingerprint density at radius 1 is 0.364 bits per heavy atom. The van der Waals surface area contributed by atoms with Gasteiger partial charge in [0.2, 0.25) is 0 Å². The highest BCUT2D eigenvalue weighted by Crippen LogP contribution is 2.41. The van der Waals surface area contributed by atoms with Crippen LogP contribution in [0, 0.1) is 34.6 Å². The fourth-order valence-corrected chi connectivity index (χ4v) is 7.09. The molecule has 272 valence electrons. The largest absolute Gasteiger partial charge is 0.497 e. The van der Waals surface area contributed by atoms with E-state index < -0.39 is 0 Å². The number of rotatable bonds is 11. The first-order chi connectivity index (χ1) is 26.7. The number of aryl methyl sites for hydroxylation is 5. The first-order valence-electron chi connectivity index (χ1n) is 18.9. The van der Waals surface area contributed by atoms with Gasteiger partial charge in [-0.2, -0.15) is 0 Å². The Balaban J connectivity index is 1.22. The minimum Gasteiger partial charge on any atom is -0.497 e. The van der Waals surface area contributed by atoms with E-state index in [1.54, 1.807) is 7.11 Å². The van der Waals surface area contributed by atoms with E-state index in [0.717, 1.165) is 56.6 Å². The highest BCUT2D eigenvalue weighted by atomic mass is 16.5. The smallest absolute Gasteiger partial charge is 0.119 e. The van der Waals surface area contributed by atoms with Crippen LogP contribution in [-0.4, -0.2) is 7.11 Å². The van der Waals surface area contributed by atoms with Crippen LogP contribution in [0.3, 0.4) is 0 Å². The summed E-state index contributed by atoms with van der Waals surface area (Å²) in [4.78, 5) is 4.71. The van der Waals surface area contributed by atoms with E-state index in [-0.39, 0.29) is 0 Å². The van der Waals surface area contributed by atoms with Crippen molar-refractivity contribution in [3.05, 3.63) is 208 Å². The van der Waals surface area contributed by atoms with Gasteiger partial charge in [-0.05, 0) is 141 Å². The molecule has 0 aromatic heterocycles. The standard InChI is InChI=1S/C52H48N2O/c1-37-9-7-10-44(35-37)17-15-42-19-23-46(24-20-42)53(51-31-13-38(2)33-40(51)4)48-27-29-49(30-28-48)54(52-32-14-39(3)34-41(52)5)47-25-21-43(22-26-47)16-18-45-11-8-12-50(36-45)55-6/h7-36H,1-6H3/b17-15+,18-16+. The molecule has 0 aliphatic carbocycles. The van der Waals surface area contributed by atoms with Gasteiger partial charge in [0.25, 0.3) is 0 Å². The van der Waals surface area contributed by atoms with E-state index in [1.165, 1.54) is 33.4 Å². The molecular formula is C52H48N2O. The summed E-state index contributed by atoms with van der Waals surface area (Å²) in [6.07, 6.45) is 8.62. The highest BCUT2D eigenvalue weighted by molar-refractivity contribution is 5.84. The van der Waals surface area contributed by atoms with Crippen molar-refractivity contribution in [2.45, 2.75) is 34.6 Å². The third kappa shape index (κ3) is 8.80. The van der Waals surface area contributed by atoms with Gasteiger partial charge in [-0.25, -0.2) is 0 Å². The van der Waals surface area contributed by atoms with E-state index in [2.05, 4.69) is 208 Å². The second-order valence-corrected chi connectivity index (χ2v) is 14.3. The summed E-state index contributed by atoms with van der Waals surface area (Å²) in [5.74, 6) is 0.852. The molecule has 0 atom stereocenters. The summed E-state index contributed by atoms with van der Waals surface area (Å²) < 4.78 is 5.41. The van der Waals surface area contributed by atoms with Crippen molar-refractivity contribution < 1.29 is 4.74 Å². The van der Waals surface area contributed by atoms with Crippen LogP contribution in [0.25, 0.3) is 24.3 Å². The number of hydrogen-bond donors (Lipinski definition) is 0. The van der Waals surface area contributed by atoms with Gasteiger partial charge in [0.15, 0.2) is 0 Å². The van der Waals surface area contributed by atoms with Crippen LogP contribution in [0.1, 0.15) is 50.1 Å². The maximum absolute atomic E-state index is 5.41. The van der Waals surface area contributed by atoms with Crippen LogP contribution < -0.4 is 14.5 Å². The maximum Gasteiger partial charge on any atom is 0.119 e. The average molecular weight is 717 g/mol. The summed E-state index contributed by atoms with van der Waals surface area (Å²) in [5, 5.41) is 0. The summed E-state index contributed by atoms with van der Waals surface area (Å²) in [6.45, 7) is 10.8. The Morgan fingerprint density at radius 3 is 1.16 bits per heavy atom. The van der Waals surface area contributed by atoms with Gasteiger partial charge >= 0.3 is 0 Å². The molecule has 7 aromatic carbocycles. The van der Waals surface area contributed by atoms with Crippen LogP contribution in [0.15, 0.2) is 158 Å². The van der Waals surface area contributed by atoms with Crippen LogP contribution in [0.4, 0.5) is 34.1 Å². The summed E-state index contributed by atoms with van der Waals surface area (Å²) in [6, 6.07) is 56.6. The quantitative estimate of drug-likeness (QED) is 0.124. The fraction of sp³-hybridized carbons (Fsp3) is 0.115. The predicted octanol–water partition coefficient (Wildman–Crippen LogP) is 14.5. The van der Waals surface area contributed by atoms with Crippen molar-refractivity contribution in [3.8, 4) is 5.75 Å². The molecule has 0 fully saturated rings. The number of anilines is 6. The Hall–Kier alpha value is -6.58. The van der Waals surface area contributed by atoms with E-state index in [1.807, 2.05) is 18.2 Å². The van der Waals surface area contributed by atoms with Crippen LogP contribution in [-0.2, 0) is 0 Å². The number of ether oxygens (including phenoxy) is 1. The molecular weight excluding hydrogens is 669 g/mol. The van der Waals surface area contributed by atoms with E-state index >= 15 is 0 Å². The monoisotopic (exact) mass is 716 g/mol. The van der Waals surface area contributed by atoms with Gasteiger partial charge in [0.05, 0.1) is 7.11 Å². The van der Waals surface area contributed by atoms with Crippen molar-refractivity contribution in [1.82, 2.24) is 0 Å². The second-order valence-electron chi connectivity index (χ2n) is 14.3. The second kappa shape index (κ2) is 16.6. The zero-order valence-corrected chi connectivity index (χ0v) is 32.6. The molecule has 0 unspecified atom stereocenters. The third-order valence-corrected chi connectivity index (χ3v) is 9.93. The molecule has 3 heteroatoms. The zero-order chi connectivity index (χ0) is 38.3. The van der Waals surface area contributed by atoms with Crippen LogP contribution >= 0.6 is 0 Å². The van der Waals surface area contributed by atoms with Crippen molar-refractivity contribution in [2.75, 3.05) is 16.9 Å². The van der Waals surface area contributed by atoms with E-state index in [9.17, 15) is 0 Å². The first kappa shape index (κ1) is 36.8. The van der Waals surface area contributed by atoms with Gasteiger partial charge in [-0.3, -0.25) is 0 Å². The predicted molar refractivity (Wildman–Crippen MR) is 237 cm³/mol. The van der Waals surface area contributed by atoms with E-state index in [0.29, 0.717) is 0 Å². The normalized spacial score (nSPS) is 11.3. The Morgan fingerprint density at radius 2 is 0.745 bits per heavy atom. The van der Waals surface area contributed by atoms with Crippen LogP contribution in [0.5, 0.6) is 5.75 Å². The lowest BCUT2D eigenvalue weighted by molar-refractivity contribution is 0.414. The molecule has 7 rings (SSSR count). The minimum absolute atomic E-state index is 0.852. The summed E-state index contributed by atoms with van der Waals surface area (Å²) in [7, 11) is 1.70.